The minimum absolute atomic E-state index is 0.299. The lowest BCUT2D eigenvalue weighted by molar-refractivity contribution is 1.26. The summed E-state index contributed by atoms with van der Waals surface area (Å²) in [6.45, 7) is 0. The molecular weight excluding hydrogens is 116 g/mol. The van der Waals surface area contributed by atoms with Gasteiger partial charge in [0.15, 0.2) is 0 Å². The monoisotopic (exact) mass is 122 g/mol. The van der Waals surface area contributed by atoms with Crippen molar-refractivity contribution in [3.8, 4) is 0 Å². The summed E-state index contributed by atoms with van der Waals surface area (Å²) >= 11 is 0. The third kappa shape index (κ3) is 1.02. The maximum Gasteiger partial charge on any atom is 0.126 e. The van der Waals surface area contributed by atoms with Crippen LogP contribution in [0.4, 0.5) is 0 Å². The number of allylic oxidation sites excluding steroid dienone is 1. The third-order valence-corrected chi connectivity index (χ3v) is 0.939. The molecule has 9 heavy (non-hydrogen) atoms. The normalized spacial score (nSPS) is 21.3. The zero-order valence-electron chi connectivity index (χ0n) is 4.70. The molecule has 1 aliphatic heterocycles. The molecule has 0 aromatic rings. The molecule has 0 radical (unpaired) electrons. The minimum atomic E-state index is 0.299. The lowest BCUT2D eigenvalue weighted by Gasteiger charge is -1.97. The fraction of sp³-hybridized carbons (Fsp3) is 0. The molecule has 0 saturated carbocycles. The molecule has 0 unspecified atom stereocenters. The predicted octanol–water partition coefficient (Wildman–Crippen LogP) is -0.0810. The molecule has 0 saturated heterocycles. The Morgan fingerprint density at radius 2 is 2.44 bits per heavy atom. The van der Waals surface area contributed by atoms with Crippen molar-refractivity contribution < 1.29 is 0 Å². The first kappa shape index (κ1) is 5.68. The van der Waals surface area contributed by atoms with Crippen molar-refractivity contribution in [3.05, 3.63) is 12.3 Å². The summed E-state index contributed by atoms with van der Waals surface area (Å²) in [5.41, 5.74) is 0.713. The first-order valence-corrected chi connectivity index (χ1v) is 2.41. The van der Waals surface area contributed by atoms with Crippen LogP contribution >= 0.6 is 0 Å². The van der Waals surface area contributed by atoms with E-state index in [0.717, 1.165) is 0 Å². The Morgan fingerprint density at radius 3 is 2.89 bits per heavy atom. The molecule has 0 spiro atoms. The van der Waals surface area contributed by atoms with Crippen LogP contribution in [0, 0.1) is 5.41 Å². The quantitative estimate of drug-likeness (QED) is 0.342. The van der Waals surface area contributed by atoms with Gasteiger partial charge < -0.3 is 5.84 Å². The van der Waals surface area contributed by atoms with Gasteiger partial charge >= 0.3 is 0 Å². The fourth-order valence-electron chi connectivity index (χ4n) is 0.489. The average Bonchev–Trinajstić information content (AvgIpc) is 1.89. The molecular formula is C5H6N4. The van der Waals surface area contributed by atoms with E-state index in [1.165, 1.54) is 18.5 Å². The molecule has 1 heterocycles. The molecule has 0 fully saturated rings. The van der Waals surface area contributed by atoms with Crippen LogP contribution in [-0.2, 0) is 0 Å². The second kappa shape index (κ2) is 2.21. The summed E-state index contributed by atoms with van der Waals surface area (Å²) in [7, 11) is 0. The van der Waals surface area contributed by atoms with E-state index in [1.807, 2.05) is 0 Å². The highest BCUT2D eigenvalue weighted by Crippen LogP contribution is 1.88. The smallest absolute Gasteiger partial charge is 0.126 e. The van der Waals surface area contributed by atoms with E-state index >= 15 is 0 Å². The van der Waals surface area contributed by atoms with Crippen molar-refractivity contribution in [2.75, 3.05) is 0 Å². The SMILES string of the molecule is N=C1C=CN=C/C1=N/N. The Labute approximate surface area is 52.3 Å². The summed E-state index contributed by atoms with van der Waals surface area (Å²) in [5.74, 6) is 4.92. The summed E-state index contributed by atoms with van der Waals surface area (Å²) in [6.07, 6.45) is 4.50. The molecule has 3 N–H and O–H groups in total. The van der Waals surface area contributed by atoms with Gasteiger partial charge in [0.1, 0.15) is 5.71 Å². The highest BCUT2D eigenvalue weighted by atomic mass is 15.1. The molecule has 0 bridgehead atoms. The van der Waals surface area contributed by atoms with Gasteiger partial charge in [-0.3, -0.25) is 10.4 Å². The number of hydrogen-bond acceptors (Lipinski definition) is 4. The predicted molar refractivity (Wildman–Crippen MR) is 37.0 cm³/mol. The minimum Gasteiger partial charge on any atom is -0.323 e. The summed E-state index contributed by atoms with van der Waals surface area (Å²) in [4.78, 5) is 3.72. The number of nitrogens with zero attached hydrogens (tertiary/aromatic N) is 2. The number of nitrogens with one attached hydrogen (secondary N) is 1. The van der Waals surface area contributed by atoms with E-state index in [9.17, 15) is 0 Å². The number of nitrogens with two attached hydrogens (primary N) is 1. The van der Waals surface area contributed by atoms with Crippen molar-refractivity contribution >= 4 is 17.6 Å². The molecule has 0 aliphatic carbocycles. The largest absolute Gasteiger partial charge is 0.323 e. The van der Waals surface area contributed by atoms with Gasteiger partial charge in [-0.2, -0.15) is 5.10 Å². The van der Waals surface area contributed by atoms with Gasteiger partial charge in [-0.05, 0) is 6.08 Å². The van der Waals surface area contributed by atoms with E-state index in [0.29, 0.717) is 11.4 Å². The van der Waals surface area contributed by atoms with Crippen molar-refractivity contribution in [3.63, 3.8) is 0 Å². The van der Waals surface area contributed by atoms with Gasteiger partial charge in [0.05, 0.1) is 11.9 Å². The highest BCUT2D eigenvalue weighted by molar-refractivity contribution is 6.65. The Bertz CT molecular complexity index is 211. The van der Waals surface area contributed by atoms with E-state index in [4.69, 9.17) is 11.3 Å². The van der Waals surface area contributed by atoms with Gasteiger partial charge in [0, 0.05) is 6.20 Å². The van der Waals surface area contributed by atoms with Gasteiger partial charge in [-0.15, -0.1) is 0 Å². The van der Waals surface area contributed by atoms with Crippen molar-refractivity contribution in [2.45, 2.75) is 0 Å². The van der Waals surface area contributed by atoms with Gasteiger partial charge in [0.25, 0.3) is 0 Å². The van der Waals surface area contributed by atoms with Crippen LogP contribution in [0.1, 0.15) is 0 Å². The molecule has 4 heteroatoms. The molecule has 1 aliphatic rings. The van der Waals surface area contributed by atoms with Gasteiger partial charge in [-0.25, -0.2) is 0 Å². The number of rotatable bonds is 0. The molecule has 0 amide bonds. The first-order valence-electron chi connectivity index (χ1n) is 2.41. The van der Waals surface area contributed by atoms with Crippen molar-refractivity contribution in [1.29, 1.82) is 5.41 Å². The Balaban J connectivity index is 2.91. The third-order valence-electron chi connectivity index (χ3n) is 0.939. The van der Waals surface area contributed by atoms with Crippen LogP contribution in [0.15, 0.2) is 22.4 Å². The van der Waals surface area contributed by atoms with E-state index in [1.54, 1.807) is 0 Å². The lowest BCUT2D eigenvalue weighted by atomic mass is 10.2. The van der Waals surface area contributed by atoms with Crippen molar-refractivity contribution in [2.24, 2.45) is 15.9 Å². The standard InChI is InChI=1S/C5H6N4/c6-4-1-2-8-3-5(4)9-7/h1-3,6H,7H2/b6-4?,9-5-. The van der Waals surface area contributed by atoms with Crippen molar-refractivity contribution in [1.82, 2.24) is 0 Å². The van der Waals surface area contributed by atoms with Gasteiger partial charge in [-0.1, -0.05) is 0 Å². The molecule has 46 valence electrons. The van der Waals surface area contributed by atoms with Crippen LogP contribution in [0.5, 0.6) is 0 Å². The van der Waals surface area contributed by atoms with Crippen LogP contribution in [0.3, 0.4) is 0 Å². The lowest BCUT2D eigenvalue weighted by Crippen LogP contribution is -2.16. The van der Waals surface area contributed by atoms with Crippen LogP contribution < -0.4 is 5.84 Å². The van der Waals surface area contributed by atoms with Gasteiger partial charge in [0.2, 0.25) is 0 Å². The maximum absolute atomic E-state index is 7.16. The molecule has 0 aromatic heterocycles. The first-order chi connectivity index (χ1) is 4.34. The number of hydrogen-bond donors (Lipinski definition) is 2. The summed E-state index contributed by atoms with van der Waals surface area (Å²) < 4.78 is 0. The van der Waals surface area contributed by atoms with Crippen LogP contribution in [-0.4, -0.2) is 17.6 Å². The van der Waals surface area contributed by atoms with E-state index in [-0.39, 0.29) is 0 Å². The molecule has 4 nitrogen and oxygen atoms in total. The summed E-state index contributed by atoms with van der Waals surface area (Å²) in [6, 6.07) is 0. The number of hydrazone groups is 1. The Morgan fingerprint density at radius 1 is 1.67 bits per heavy atom. The molecule has 0 aromatic carbocycles. The van der Waals surface area contributed by atoms with E-state index < -0.39 is 0 Å². The number of aliphatic imine (C=N–C) groups is 1. The fourth-order valence-corrected chi connectivity index (χ4v) is 0.489. The topological polar surface area (TPSA) is 74.6 Å². The van der Waals surface area contributed by atoms with Crippen LogP contribution in [0.2, 0.25) is 0 Å². The Kier molecular flexibility index (Phi) is 1.40. The van der Waals surface area contributed by atoms with Crippen LogP contribution in [0.25, 0.3) is 0 Å². The highest BCUT2D eigenvalue weighted by Gasteiger charge is 2.01. The second-order valence-electron chi connectivity index (χ2n) is 1.52. The maximum atomic E-state index is 7.16. The second-order valence-corrected chi connectivity index (χ2v) is 1.52. The van der Waals surface area contributed by atoms with E-state index in [2.05, 4.69) is 10.1 Å². The molecule has 0 atom stereocenters. The zero-order valence-corrected chi connectivity index (χ0v) is 4.70. The average molecular weight is 122 g/mol. The zero-order chi connectivity index (χ0) is 6.69. The summed E-state index contributed by atoms with van der Waals surface area (Å²) in [5, 5.41) is 10.5. The Hall–Kier alpha value is -1.45. The molecule has 1 rings (SSSR count).